The van der Waals surface area contributed by atoms with E-state index in [0.717, 1.165) is 16.8 Å². The fraction of sp³-hybridized carbons (Fsp3) is 0.412. The molecule has 1 aliphatic carbocycles. The van der Waals surface area contributed by atoms with Gasteiger partial charge in [0, 0.05) is 17.4 Å². The SMILES string of the molecule is O=c1c2nn(Cc3c(F)cccc3F)c(CF)c2nnn1C1[C@H]2COC[C@@H]12. The third kappa shape index (κ3) is 2.39. The van der Waals surface area contributed by atoms with E-state index in [1.165, 1.54) is 10.7 Å². The minimum Gasteiger partial charge on any atom is -0.381 e. The first-order chi connectivity index (χ1) is 13.1. The lowest BCUT2D eigenvalue weighted by Crippen LogP contribution is -2.26. The van der Waals surface area contributed by atoms with Gasteiger partial charge in [-0.2, -0.15) is 5.10 Å². The van der Waals surface area contributed by atoms with E-state index in [-0.39, 0.29) is 46.7 Å². The molecule has 1 saturated heterocycles. The van der Waals surface area contributed by atoms with Gasteiger partial charge in [0.15, 0.2) is 5.52 Å². The van der Waals surface area contributed by atoms with E-state index in [4.69, 9.17) is 4.74 Å². The average Bonchev–Trinajstić information content (AvgIpc) is 3.00. The van der Waals surface area contributed by atoms with Crippen molar-refractivity contribution in [2.45, 2.75) is 19.3 Å². The highest BCUT2D eigenvalue weighted by atomic mass is 19.1. The molecule has 3 heterocycles. The third-order valence-electron chi connectivity index (χ3n) is 5.37. The van der Waals surface area contributed by atoms with Crippen LogP contribution in [-0.2, 0) is 18.0 Å². The summed E-state index contributed by atoms with van der Waals surface area (Å²) in [5.41, 5.74) is -0.828. The van der Waals surface area contributed by atoms with Crippen LogP contribution in [0.5, 0.6) is 0 Å². The molecule has 2 aromatic heterocycles. The molecule has 2 fully saturated rings. The Kier molecular flexibility index (Phi) is 3.58. The van der Waals surface area contributed by atoms with Gasteiger partial charge in [0.2, 0.25) is 0 Å². The predicted octanol–water partition coefficient (Wildman–Crippen LogP) is 1.60. The maximum Gasteiger partial charge on any atom is 0.298 e. The van der Waals surface area contributed by atoms with Crippen molar-refractivity contribution in [2.75, 3.05) is 13.2 Å². The fourth-order valence-electron chi connectivity index (χ4n) is 3.84. The molecule has 7 nitrogen and oxygen atoms in total. The van der Waals surface area contributed by atoms with Crippen molar-refractivity contribution in [3.05, 3.63) is 51.4 Å². The second-order valence-electron chi connectivity index (χ2n) is 6.83. The summed E-state index contributed by atoms with van der Waals surface area (Å²) in [6, 6.07) is 3.37. The Bertz CT molecular complexity index is 1080. The first kappa shape index (κ1) is 16.4. The number of ether oxygens (including phenoxy) is 1. The molecular formula is C17H14F3N5O2. The van der Waals surface area contributed by atoms with E-state index in [1.54, 1.807) is 0 Å². The van der Waals surface area contributed by atoms with Crippen molar-refractivity contribution in [3.8, 4) is 0 Å². The number of fused-ring (bicyclic) bond motifs is 2. The summed E-state index contributed by atoms with van der Waals surface area (Å²) in [6.07, 6.45) is 0. The van der Waals surface area contributed by atoms with Crippen molar-refractivity contribution in [3.63, 3.8) is 0 Å². The van der Waals surface area contributed by atoms with E-state index < -0.39 is 23.9 Å². The molecular weight excluding hydrogens is 363 g/mol. The van der Waals surface area contributed by atoms with Gasteiger partial charge >= 0.3 is 0 Å². The molecule has 5 rings (SSSR count). The zero-order chi connectivity index (χ0) is 18.7. The van der Waals surface area contributed by atoms with Crippen molar-refractivity contribution < 1.29 is 17.9 Å². The summed E-state index contributed by atoms with van der Waals surface area (Å²) in [5.74, 6) is -1.09. The number of rotatable bonds is 4. The molecule has 3 atom stereocenters. The van der Waals surface area contributed by atoms with E-state index in [9.17, 15) is 18.0 Å². The van der Waals surface area contributed by atoms with Gasteiger partial charge in [-0.25, -0.2) is 17.9 Å². The largest absolute Gasteiger partial charge is 0.381 e. The third-order valence-corrected chi connectivity index (χ3v) is 5.37. The standard InChI is InChI=1S/C17H14F3N5O2/c18-4-13-14-15(22-24(13)5-8-11(19)2-1-3-12(8)20)17(26)25(23-21-14)16-9-6-27-7-10(9)16/h1-3,9-10,16H,4-7H2/t9-,10+,16?. The average molecular weight is 377 g/mol. The Morgan fingerprint density at radius 1 is 1.15 bits per heavy atom. The Morgan fingerprint density at radius 3 is 2.52 bits per heavy atom. The Morgan fingerprint density at radius 2 is 1.85 bits per heavy atom. The highest BCUT2D eigenvalue weighted by Gasteiger charge is 2.56. The molecule has 0 bridgehead atoms. The molecule has 1 aliphatic heterocycles. The van der Waals surface area contributed by atoms with Crippen LogP contribution in [0.25, 0.3) is 11.0 Å². The number of hydrogen-bond acceptors (Lipinski definition) is 5. The molecule has 1 unspecified atom stereocenters. The van der Waals surface area contributed by atoms with Gasteiger partial charge in [0.05, 0.1) is 31.5 Å². The van der Waals surface area contributed by atoms with Gasteiger partial charge < -0.3 is 4.74 Å². The van der Waals surface area contributed by atoms with E-state index in [0.29, 0.717) is 13.2 Å². The quantitative estimate of drug-likeness (QED) is 0.691. The summed E-state index contributed by atoms with van der Waals surface area (Å²) in [4.78, 5) is 12.8. The molecule has 140 valence electrons. The van der Waals surface area contributed by atoms with E-state index >= 15 is 0 Å². The van der Waals surface area contributed by atoms with Crippen LogP contribution < -0.4 is 5.56 Å². The lowest BCUT2D eigenvalue weighted by Gasteiger charge is -2.07. The van der Waals surface area contributed by atoms with Crippen molar-refractivity contribution in [1.29, 1.82) is 0 Å². The molecule has 0 radical (unpaired) electrons. The molecule has 2 aliphatic rings. The number of hydrogen-bond donors (Lipinski definition) is 0. The van der Waals surface area contributed by atoms with Gasteiger partial charge in [0.1, 0.15) is 23.8 Å². The zero-order valence-corrected chi connectivity index (χ0v) is 14.0. The Labute approximate surface area is 150 Å². The molecule has 10 heteroatoms. The first-order valence-electron chi connectivity index (χ1n) is 8.51. The second-order valence-corrected chi connectivity index (χ2v) is 6.83. The van der Waals surface area contributed by atoms with Crippen LogP contribution in [0.15, 0.2) is 23.0 Å². The van der Waals surface area contributed by atoms with Gasteiger partial charge in [-0.15, -0.1) is 5.10 Å². The van der Waals surface area contributed by atoms with Gasteiger partial charge in [-0.3, -0.25) is 9.48 Å². The number of benzene rings is 1. The number of halogens is 3. The summed E-state index contributed by atoms with van der Waals surface area (Å²) >= 11 is 0. The molecule has 0 spiro atoms. The van der Waals surface area contributed by atoms with Gasteiger partial charge in [-0.05, 0) is 12.1 Å². The minimum atomic E-state index is -0.993. The summed E-state index contributed by atoms with van der Waals surface area (Å²) in [6.45, 7) is -0.209. The van der Waals surface area contributed by atoms with Crippen molar-refractivity contribution >= 4 is 11.0 Å². The molecule has 1 saturated carbocycles. The van der Waals surface area contributed by atoms with Crippen LogP contribution >= 0.6 is 0 Å². The smallest absolute Gasteiger partial charge is 0.298 e. The van der Waals surface area contributed by atoms with Gasteiger partial charge in [-0.1, -0.05) is 11.3 Å². The van der Waals surface area contributed by atoms with Crippen LogP contribution in [0.1, 0.15) is 17.3 Å². The minimum absolute atomic E-state index is 0.0116. The first-order valence-corrected chi connectivity index (χ1v) is 8.51. The topological polar surface area (TPSA) is 74.8 Å². The highest BCUT2D eigenvalue weighted by Crippen LogP contribution is 2.53. The van der Waals surface area contributed by atoms with Gasteiger partial charge in [0.25, 0.3) is 5.56 Å². The van der Waals surface area contributed by atoms with Crippen LogP contribution in [0, 0.1) is 23.5 Å². The maximum atomic E-state index is 13.9. The van der Waals surface area contributed by atoms with E-state index in [2.05, 4.69) is 15.4 Å². The molecule has 27 heavy (non-hydrogen) atoms. The van der Waals surface area contributed by atoms with Crippen molar-refractivity contribution in [2.24, 2.45) is 11.8 Å². The Balaban J connectivity index is 1.59. The van der Waals surface area contributed by atoms with Crippen LogP contribution in [0.4, 0.5) is 13.2 Å². The zero-order valence-electron chi connectivity index (χ0n) is 14.0. The predicted molar refractivity (Wildman–Crippen MR) is 86.7 cm³/mol. The monoisotopic (exact) mass is 377 g/mol. The normalized spacial score (nSPS) is 23.7. The molecule has 0 N–H and O–H groups in total. The lowest BCUT2D eigenvalue weighted by molar-refractivity contribution is 0.149. The number of aromatic nitrogens is 5. The second kappa shape index (κ2) is 5.88. The van der Waals surface area contributed by atoms with Crippen LogP contribution in [-0.4, -0.2) is 38.0 Å². The molecule has 1 aromatic carbocycles. The lowest BCUT2D eigenvalue weighted by atomic mass is 10.2. The fourth-order valence-corrected chi connectivity index (χ4v) is 3.84. The number of alkyl halides is 1. The Hall–Kier alpha value is -2.75. The van der Waals surface area contributed by atoms with Crippen LogP contribution in [0.3, 0.4) is 0 Å². The molecule has 0 amide bonds. The summed E-state index contributed by atoms with van der Waals surface area (Å²) in [5, 5.41) is 12.0. The maximum absolute atomic E-state index is 13.9. The summed E-state index contributed by atoms with van der Waals surface area (Å²) < 4.78 is 49.1. The number of nitrogens with zero attached hydrogens (tertiary/aromatic N) is 5. The van der Waals surface area contributed by atoms with E-state index in [1.807, 2.05) is 0 Å². The van der Waals surface area contributed by atoms with Crippen molar-refractivity contribution in [1.82, 2.24) is 24.8 Å². The molecule has 3 aromatic rings. The van der Waals surface area contributed by atoms with Crippen LogP contribution in [0.2, 0.25) is 0 Å². The summed E-state index contributed by atoms with van der Waals surface area (Å²) in [7, 11) is 0. The highest BCUT2D eigenvalue weighted by molar-refractivity contribution is 5.75.